The Balaban J connectivity index is 2.12. The number of rotatable bonds is 3. The largest absolute Gasteiger partial charge is 0.320 e. The second-order valence-corrected chi connectivity index (χ2v) is 4.84. The van der Waals surface area contributed by atoms with Crippen molar-refractivity contribution in [2.24, 2.45) is 5.73 Å². The Hall–Kier alpha value is -2.58. The zero-order chi connectivity index (χ0) is 15.2. The quantitative estimate of drug-likeness (QED) is 0.846. The smallest absolute Gasteiger partial charge is 0.255 e. The fraction of sp³-hybridized carbons (Fsp3) is 0.250. The zero-order valence-electron chi connectivity index (χ0n) is 12.1. The van der Waals surface area contributed by atoms with Crippen molar-refractivity contribution in [1.29, 1.82) is 0 Å². The van der Waals surface area contributed by atoms with Crippen LogP contribution in [0.5, 0.6) is 0 Å². The summed E-state index contributed by atoms with van der Waals surface area (Å²) in [5.74, 6) is 5.49. The van der Waals surface area contributed by atoms with Crippen LogP contribution in [0.2, 0.25) is 0 Å². The number of hydrogen-bond acceptors (Lipinski definition) is 3. The maximum atomic E-state index is 12.2. The lowest BCUT2D eigenvalue weighted by molar-refractivity contribution is 0.102. The molecule has 0 aliphatic rings. The van der Waals surface area contributed by atoms with Crippen LogP contribution in [0.4, 0.5) is 5.69 Å². The van der Waals surface area contributed by atoms with Gasteiger partial charge in [0.05, 0.1) is 18.4 Å². The zero-order valence-corrected chi connectivity index (χ0v) is 12.1. The molecule has 2 aromatic rings. The van der Waals surface area contributed by atoms with Crippen molar-refractivity contribution in [3.05, 3.63) is 47.8 Å². The second-order valence-electron chi connectivity index (χ2n) is 4.84. The molecular formula is C16H18N4O. The molecule has 3 N–H and O–H groups in total. The minimum atomic E-state index is -0.185. The molecule has 0 bridgehead atoms. The number of carbonyl (C=O) groups is 1. The average molecular weight is 282 g/mol. The van der Waals surface area contributed by atoms with Crippen molar-refractivity contribution >= 4 is 11.6 Å². The Labute approximate surface area is 124 Å². The first-order valence-electron chi connectivity index (χ1n) is 6.74. The number of nitrogens with two attached hydrogens (primary N) is 1. The van der Waals surface area contributed by atoms with Crippen molar-refractivity contribution in [2.45, 2.75) is 19.9 Å². The Morgan fingerprint density at radius 3 is 2.95 bits per heavy atom. The third-order valence-corrected chi connectivity index (χ3v) is 2.85. The van der Waals surface area contributed by atoms with Gasteiger partial charge in [0.1, 0.15) is 0 Å². The molecule has 1 amide bonds. The molecule has 2 rings (SSSR count). The summed E-state index contributed by atoms with van der Waals surface area (Å²) in [6.45, 7) is 4.35. The Bertz CT molecular complexity index is 692. The van der Waals surface area contributed by atoms with Crippen LogP contribution in [0, 0.1) is 11.8 Å². The minimum absolute atomic E-state index is 0.185. The highest BCUT2D eigenvalue weighted by Crippen LogP contribution is 2.12. The number of carbonyl (C=O) groups excluding carboxylic acids is 1. The summed E-state index contributed by atoms with van der Waals surface area (Å²) in [5, 5.41) is 7.01. The maximum Gasteiger partial charge on any atom is 0.255 e. The van der Waals surface area contributed by atoms with E-state index in [0.29, 0.717) is 17.8 Å². The van der Waals surface area contributed by atoms with Gasteiger partial charge in [-0.3, -0.25) is 9.48 Å². The van der Waals surface area contributed by atoms with E-state index in [1.165, 1.54) is 0 Å². The fourth-order valence-electron chi connectivity index (χ4n) is 1.78. The van der Waals surface area contributed by atoms with Gasteiger partial charge in [-0.25, -0.2) is 0 Å². The SMILES string of the molecule is CC(C)n1cc(NC(=O)c2cccc(C#CCN)c2)cn1. The van der Waals surface area contributed by atoms with Gasteiger partial charge in [0.25, 0.3) is 5.91 Å². The van der Waals surface area contributed by atoms with Gasteiger partial charge in [-0.05, 0) is 32.0 Å². The summed E-state index contributed by atoms with van der Waals surface area (Å²) in [7, 11) is 0. The lowest BCUT2D eigenvalue weighted by Crippen LogP contribution is -2.11. The highest BCUT2D eigenvalue weighted by atomic mass is 16.1. The summed E-state index contributed by atoms with van der Waals surface area (Å²) in [6, 6.07) is 7.38. The van der Waals surface area contributed by atoms with Gasteiger partial charge in [0.15, 0.2) is 0 Å². The van der Waals surface area contributed by atoms with Crippen molar-refractivity contribution in [2.75, 3.05) is 11.9 Å². The minimum Gasteiger partial charge on any atom is -0.320 e. The van der Waals surface area contributed by atoms with Crippen molar-refractivity contribution in [3.63, 3.8) is 0 Å². The molecule has 5 heteroatoms. The van der Waals surface area contributed by atoms with E-state index < -0.39 is 0 Å². The summed E-state index contributed by atoms with van der Waals surface area (Å²) in [5.41, 5.74) is 7.34. The lowest BCUT2D eigenvalue weighted by atomic mass is 10.1. The molecule has 1 aromatic heterocycles. The number of nitrogens with one attached hydrogen (secondary N) is 1. The molecule has 0 radical (unpaired) electrons. The molecule has 1 aromatic carbocycles. The molecule has 0 atom stereocenters. The van der Waals surface area contributed by atoms with Crippen molar-refractivity contribution < 1.29 is 4.79 Å². The average Bonchev–Trinajstić information content (AvgIpc) is 2.94. The monoisotopic (exact) mass is 282 g/mol. The van der Waals surface area contributed by atoms with Gasteiger partial charge in [0.2, 0.25) is 0 Å². The molecule has 0 saturated carbocycles. The number of anilines is 1. The third kappa shape index (κ3) is 3.94. The van der Waals surface area contributed by atoms with Gasteiger partial charge in [0, 0.05) is 23.4 Å². The molecule has 5 nitrogen and oxygen atoms in total. The standard InChI is InChI=1S/C16H18N4O/c1-12(2)20-11-15(10-18-20)19-16(21)14-7-3-5-13(9-14)6-4-8-17/h3,5,7,9-12H,8,17H2,1-2H3,(H,19,21). The molecule has 0 spiro atoms. The molecular weight excluding hydrogens is 264 g/mol. The number of hydrogen-bond donors (Lipinski definition) is 2. The maximum absolute atomic E-state index is 12.2. The Morgan fingerprint density at radius 1 is 1.48 bits per heavy atom. The van der Waals surface area contributed by atoms with Crippen LogP contribution in [-0.4, -0.2) is 22.2 Å². The Kier molecular flexibility index (Phi) is 4.75. The van der Waals surface area contributed by atoms with E-state index in [1.54, 1.807) is 35.3 Å². The van der Waals surface area contributed by atoms with Crippen LogP contribution in [0.1, 0.15) is 35.8 Å². The summed E-state index contributed by atoms with van der Waals surface area (Å²) < 4.78 is 1.79. The first-order valence-corrected chi connectivity index (χ1v) is 6.74. The number of benzene rings is 1. The summed E-state index contributed by atoms with van der Waals surface area (Å²) >= 11 is 0. The first-order chi connectivity index (χ1) is 10.1. The van der Waals surface area contributed by atoms with Gasteiger partial charge >= 0.3 is 0 Å². The number of amides is 1. The highest BCUT2D eigenvalue weighted by molar-refractivity contribution is 6.04. The van der Waals surface area contributed by atoms with Crippen molar-refractivity contribution in [3.8, 4) is 11.8 Å². The molecule has 0 saturated heterocycles. The van der Waals surface area contributed by atoms with Crippen LogP contribution in [0.3, 0.4) is 0 Å². The predicted molar refractivity (Wildman–Crippen MR) is 82.9 cm³/mol. The van der Waals surface area contributed by atoms with E-state index in [4.69, 9.17) is 5.73 Å². The molecule has 0 fully saturated rings. The normalized spacial score (nSPS) is 10.1. The van der Waals surface area contributed by atoms with E-state index in [-0.39, 0.29) is 11.9 Å². The topological polar surface area (TPSA) is 72.9 Å². The van der Waals surface area contributed by atoms with Crippen LogP contribution < -0.4 is 11.1 Å². The van der Waals surface area contributed by atoms with Crippen LogP contribution in [0.25, 0.3) is 0 Å². The number of nitrogens with zero attached hydrogens (tertiary/aromatic N) is 2. The van der Waals surface area contributed by atoms with Gasteiger partial charge in [-0.15, -0.1) is 0 Å². The van der Waals surface area contributed by atoms with Gasteiger partial charge in [-0.1, -0.05) is 17.9 Å². The lowest BCUT2D eigenvalue weighted by Gasteiger charge is -2.04. The van der Waals surface area contributed by atoms with Crippen LogP contribution in [-0.2, 0) is 0 Å². The Morgan fingerprint density at radius 2 is 2.29 bits per heavy atom. The van der Waals surface area contributed by atoms with E-state index >= 15 is 0 Å². The molecule has 0 aliphatic carbocycles. The molecule has 108 valence electrons. The van der Waals surface area contributed by atoms with E-state index in [2.05, 4.69) is 22.3 Å². The van der Waals surface area contributed by atoms with Crippen LogP contribution in [0.15, 0.2) is 36.7 Å². The third-order valence-electron chi connectivity index (χ3n) is 2.85. The highest BCUT2D eigenvalue weighted by Gasteiger charge is 2.08. The summed E-state index contributed by atoms with van der Waals surface area (Å²) in [6.07, 6.45) is 3.44. The van der Waals surface area contributed by atoms with Gasteiger partial charge < -0.3 is 11.1 Å². The first kappa shape index (κ1) is 14.8. The predicted octanol–water partition coefficient (Wildman–Crippen LogP) is 2.03. The molecule has 0 unspecified atom stereocenters. The van der Waals surface area contributed by atoms with Crippen molar-refractivity contribution in [1.82, 2.24) is 9.78 Å². The van der Waals surface area contributed by atoms with E-state index in [0.717, 1.165) is 5.56 Å². The molecule has 1 heterocycles. The van der Waals surface area contributed by atoms with Crippen LogP contribution >= 0.6 is 0 Å². The van der Waals surface area contributed by atoms with Gasteiger partial charge in [-0.2, -0.15) is 5.10 Å². The fourth-order valence-corrected chi connectivity index (χ4v) is 1.78. The molecule has 0 aliphatic heterocycles. The molecule has 21 heavy (non-hydrogen) atoms. The summed E-state index contributed by atoms with van der Waals surface area (Å²) in [4.78, 5) is 12.2. The van der Waals surface area contributed by atoms with E-state index in [1.807, 2.05) is 19.9 Å². The second kappa shape index (κ2) is 6.73. The number of aromatic nitrogens is 2. The van der Waals surface area contributed by atoms with E-state index in [9.17, 15) is 4.79 Å².